The van der Waals surface area contributed by atoms with Crippen molar-refractivity contribution in [3.63, 3.8) is 0 Å². The van der Waals surface area contributed by atoms with Gasteiger partial charge in [0.05, 0.1) is 16.0 Å². The van der Waals surface area contributed by atoms with E-state index in [0.29, 0.717) is 39.9 Å². The summed E-state index contributed by atoms with van der Waals surface area (Å²) in [4.78, 5) is 13.5. The molecule has 1 saturated carbocycles. The fourth-order valence-corrected chi connectivity index (χ4v) is 7.36. The van der Waals surface area contributed by atoms with Crippen molar-refractivity contribution in [2.75, 3.05) is 18.5 Å². The zero-order chi connectivity index (χ0) is 25.2. The minimum absolute atomic E-state index is 0.206. The van der Waals surface area contributed by atoms with Crippen LogP contribution in [-0.4, -0.2) is 45.8 Å². The van der Waals surface area contributed by atoms with Crippen LogP contribution in [0.3, 0.4) is 0 Å². The van der Waals surface area contributed by atoms with Crippen LogP contribution < -0.4 is 10.1 Å². The van der Waals surface area contributed by atoms with Crippen LogP contribution in [0, 0.1) is 10.8 Å². The number of carbonyl (C=O) groups is 1. The van der Waals surface area contributed by atoms with Gasteiger partial charge in [0.15, 0.2) is 12.4 Å². The summed E-state index contributed by atoms with van der Waals surface area (Å²) in [6.07, 6.45) is 3.50. The van der Waals surface area contributed by atoms with Crippen molar-refractivity contribution >= 4 is 38.9 Å². The highest BCUT2D eigenvalue weighted by atomic mass is 79.9. The van der Waals surface area contributed by atoms with Crippen LogP contribution in [0.1, 0.15) is 53.9 Å². The predicted octanol–water partition coefficient (Wildman–Crippen LogP) is 6.32. The standard InChI is InChI=1S/C25H32BrN5O3S/c1-6-33-18(32)13-34-20-19(26)21(35-22(20)23-28-30-31-29-23)15-8-7-9-16(10-15)27-17-11-24(2,3)14-25(4,5)12-17/h7-10,17,27H,6,11-14H2,1-5H3,(H,28,29,30,31). The lowest BCUT2D eigenvalue weighted by atomic mass is 9.63. The summed E-state index contributed by atoms with van der Waals surface area (Å²) >= 11 is 5.17. The van der Waals surface area contributed by atoms with Gasteiger partial charge in [0.1, 0.15) is 4.88 Å². The molecule has 1 aliphatic carbocycles. The maximum absolute atomic E-state index is 11.9. The van der Waals surface area contributed by atoms with Crippen molar-refractivity contribution in [1.82, 2.24) is 20.6 Å². The van der Waals surface area contributed by atoms with Crippen LogP contribution >= 0.6 is 27.3 Å². The molecule has 0 saturated heterocycles. The molecule has 2 aromatic heterocycles. The first kappa shape index (κ1) is 25.6. The van der Waals surface area contributed by atoms with Gasteiger partial charge in [-0.15, -0.1) is 21.5 Å². The van der Waals surface area contributed by atoms with Gasteiger partial charge in [0.2, 0.25) is 5.82 Å². The van der Waals surface area contributed by atoms with Gasteiger partial charge in [0.25, 0.3) is 0 Å². The van der Waals surface area contributed by atoms with Crippen molar-refractivity contribution in [2.45, 2.75) is 59.9 Å². The molecule has 0 spiro atoms. The number of anilines is 1. The third-order valence-corrected chi connectivity index (χ3v) is 8.28. The highest BCUT2D eigenvalue weighted by Gasteiger charge is 2.38. The summed E-state index contributed by atoms with van der Waals surface area (Å²) in [5.41, 5.74) is 2.71. The predicted molar refractivity (Wildman–Crippen MR) is 142 cm³/mol. The molecule has 0 bridgehead atoms. The first-order chi connectivity index (χ1) is 16.6. The largest absolute Gasteiger partial charge is 0.479 e. The molecule has 0 radical (unpaired) electrons. The van der Waals surface area contributed by atoms with Gasteiger partial charge in [0, 0.05) is 11.7 Å². The Balaban J connectivity index is 1.62. The zero-order valence-corrected chi connectivity index (χ0v) is 23.2. The van der Waals surface area contributed by atoms with Gasteiger partial charge >= 0.3 is 5.97 Å². The number of halogens is 1. The minimum Gasteiger partial charge on any atom is -0.479 e. The van der Waals surface area contributed by atoms with Crippen LogP contribution in [0.25, 0.3) is 21.1 Å². The van der Waals surface area contributed by atoms with Crippen molar-refractivity contribution in [3.05, 3.63) is 28.7 Å². The van der Waals surface area contributed by atoms with Crippen molar-refractivity contribution in [1.29, 1.82) is 0 Å². The van der Waals surface area contributed by atoms with Crippen LogP contribution in [0.5, 0.6) is 5.75 Å². The summed E-state index contributed by atoms with van der Waals surface area (Å²) in [6, 6.07) is 8.79. The number of hydrogen-bond donors (Lipinski definition) is 2. The van der Waals surface area contributed by atoms with Gasteiger partial charge < -0.3 is 14.8 Å². The Morgan fingerprint density at radius 2 is 1.97 bits per heavy atom. The average molecular weight is 563 g/mol. The lowest BCUT2D eigenvalue weighted by Crippen LogP contribution is -2.40. The molecule has 3 aromatic rings. The monoisotopic (exact) mass is 561 g/mol. The molecule has 1 aliphatic rings. The van der Waals surface area contributed by atoms with E-state index in [2.05, 4.69) is 93.8 Å². The van der Waals surface area contributed by atoms with Crippen molar-refractivity contribution < 1.29 is 14.3 Å². The van der Waals surface area contributed by atoms with Gasteiger partial charge in [-0.2, -0.15) is 5.21 Å². The van der Waals surface area contributed by atoms with Crippen LogP contribution in [0.4, 0.5) is 5.69 Å². The number of nitrogens with one attached hydrogen (secondary N) is 2. The molecule has 10 heteroatoms. The number of ether oxygens (including phenoxy) is 2. The fourth-order valence-electron chi connectivity index (χ4n) is 5.38. The molecule has 1 fully saturated rings. The van der Waals surface area contributed by atoms with E-state index in [4.69, 9.17) is 9.47 Å². The van der Waals surface area contributed by atoms with Crippen LogP contribution in [-0.2, 0) is 9.53 Å². The number of aromatic nitrogens is 4. The molecule has 4 rings (SSSR count). The average Bonchev–Trinajstić information content (AvgIpc) is 3.38. The molecular weight excluding hydrogens is 530 g/mol. The molecular formula is C25H32BrN5O3S. The Kier molecular flexibility index (Phi) is 7.51. The number of carbonyl (C=O) groups excluding carboxylic acids is 1. The summed E-state index contributed by atoms with van der Waals surface area (Å²) in [5, 5.41) is 18.2. The normalized spacial score (nSPS) is 17.2. The maximum atomic E-state index is 11.9. The Bertz CT molecular complexity index is 1160. The molecule has 2 N–H and O–H groups in total. The number of benzene rings is 1. The Labute approximate surface area is 218 Å². The molecule has 0 unspecified atom stereocenters. The topological polar surface area (TPSA) is 102 Å². The van der Waals surface area contributed by atoms with Crippen molar-refractivity contribution in [3.8, 4) is 26.9 Å². The van der Waals surface area contributed by atoms with E-state index in [1.807, 2.05) is 0 Å². The smallest absolute Gasteiger partial charge is 0.344 e. The van der Waals surface area contributed by atoms with Gasteiger partial charge in [-0.3, -0.25) is 0 Å². The number of nitrogens with zero attached hydrogens (tertiary/aromatic N) is 3. The van der Waals surface area contributed by atoms with E-state index >= 15 is 0 Å². The highest BCUT2D eigenvalue weighted by molar-refractivity contribution is 9.10. The van der Waals surface area contributed by atoms with E-state index in [-0.39, 0.29) is 6.61 Å². The van der Waals surface area contributed by atoms with Gasteiger partial charge in [-0.1, -0.05) is 39.8 Å². The molecule has 1 aromatic carbocycles. The molecule has 8 nitrogen and oxygen atoms in total. The molecule has 188 valence electrons. The molecule has 35 heavy (non-hydrogen) atoms. The summed E-state index contributed by atoms with van der Waals surface area (Å²) in [6.45, 7) is 11.3. The summed E-state index contributed by atoms with van der Waals surface area (Å²) in [7, 11) is 0. The molecule has 0 atom stereocenters. The molecule has 0 aliphatic heterocycles. The minimum atomic E-state index is -0.435. The first-order valence-corrected chi connectivity index (χ1v) is 13.4. The van der Waals surface area contributed by atoms with Crippen molar-refractivity contribution in [2.24, 2.45) is 10.8 Å². The number of rotatable bonds is 8. The number of esters is 1. The number of tetrazole rings is 1. The lowest BCUT2D eigenvalue weighted by molar-refractivity contribution is -0.145. The summed E-state index contributed by atoms with van der Waals surface area (Å²) < 4.78 is 11.6. The Morgan fingerprint density at radius 1 is 1.23 bits per heavy atom. The van der Waals surface area contributed by atoms with Gasteiger partial charge in [-0.25, -0.2) is 4.79 Å². The number of aromatic amines is 1. The Hall–Kier alpha value is -2.46. The van der Waals surface area contributed by atoms with E-state index in [1.54, 1.807) is 6.92 Å². The number of thiophene rings is 1. The molecule has 0 amide bonds. The first-order valence-electron chi connectivity index (χ1n) is 11.8. The second-order valence-electron chi connectivity index (χ2n) is 10.6. The third kappa shape index (κ3) is 6.22. The van der Waals surface area contributed by atoms with E-state index in [0.717, 1.165) is 33.4 Å². The van der Waals surface area contributed by atoms with Crippen LogP contribution in [0.15, 0.2) is 28.7 Å². The third-order valence-electron chi connectivity index (χ3n) is 6.05. The van der Waals surface area contributed by atoms with Gasteiger partial charge in [-0.05, 0) is 75.9 Å². The zero-order valence-electron chi connectivity index (χ0n) is 20.8. The number of H-pyrrole nitrogens is 1. The van der Waals surface area contributed by atoms with E-state index in [9.17, 15) is 4.79 Å². The lowest BCUT2D eigenvalue weighted by Gasteiger charge is -2.45. The fraction of sp³-hybridized carbons (Fsp3) is 0.520. The molecule has 2 heterocycles. The Morgan fingerprint density at radius 3 is 2.63 bits per heavy atom. The summed E-state index contributed by atoms with van der Waals surface area (Å²) in [5.74, 6) is 0.464. The maximum Gasteiger partial charge on any atom is 0.344 e. The second kappa shape index (κ2) is 10.3. The quantitative estimate of drug-likeness (QED) is 0.310. The SMILES string of the molecule is CCOC(=O)COc1c(-c2nn[nH]n2)sc(-c2cccc(NC3CC(C)(C)CC(C)(C)C3)c2)c1Br. The second-order valence-corrected chi connectivity index (χ2v) is 12.4. The highest BCUT2D eigenvalue weighted by Crippen LogP contribution is 2.50. The van der Waals surface area contributed by atoms with Crippen LogP contribution in [0.2, 0.25) is 0 Å². The van der Waals surface area contributed by atoms with E-state index < -0.39 is 5.97 Å². The number of hydrogen-bond acceptors (Lipinski definition) is 8. The van der Waals surface area contributed by atoms with E-state index in [1.165, 1.54) is 17.8 Å².